The summed E-state index contributed by atoms with van der Waals surface area (Å²) in [5, 5.41) is 0. The van der Waals surface area contributed by atoms with E-state index >= 15 is 0 Å². The Morgan fingerprint density at radius 2 is 1.81 bits per heavy atom. The Labute approximate surface area is 180 Å². The molecule has 2 aromatic carbocycles. The molecule has 1 aliphatic heterocycles. The lowest BCUT2D eigenvalue weighted by Gasteiger charge is -2.27. The predicted octanol–water partition coefficient (Wildman–Crippen LogP) is 4.14. The van der Waals surface area contributed by atoms with Crippen molar-refractivity contribution in [1.82, 2.24) is 4.90 Å². The quantitative estimate of drug-likeness (QED) is 0.328. The first-order chi connectivity index (χ1) is 15.0. The van der Waals surface area contributed by atoms with Gasteiger partial charge in [0.15, 0.2) is 5.76 Å². The Morgan fingerprint density at radius 1 is 1.03 bits per heavy atom. The summed E-state index contributed by atoms with van der Waals surface area (Å²) in [5.41, 5.74) is 1.54. The van der Waals surface area contributed by atoms with Gasteiger partial charge in [-0.15, -0.1) is 0 Å². The van der Waals surface area contributed by atoms with E-state index in [4.69, 9.17) is 9.15 Å². The second-order valence-electron chi connectivity index (χ2n) is 7.49. The number of amides is 1. The highest BCUT2D eigenvalue weighted by Gasteiger charge is 2.52. The van der Waals surface area contributed by atoms with Crippen molar-refractivity contribution in [3.8, 4) is 5.75 Å². The van der Waals surface area contributed by atoms with Crippen LogP contribution in [0.5, 0.6) is 5.75 Å². The van der Waals surface area contributed by atoms with Crippen LogP contribution in [0.15, 0.2) is 71.1 Å². The van der Waals surface area contributed by atoms with Gasteiger partial charge in [-0.1, -0.05) is 42.5 Å². The van der Waals surface area contributed by atoms with Gasteiger partial charge in [-0.25, -0.2) is 0 Å². The third kappa shape index (κ3) is 4.01. The van der Waals surface area contributed by atoms with Crippen LogP contribution in [0.4, 0.5) is 0 Å². The summed E-state index contributed by atoms with van der Waals surface area (Å²) in [4.78, 5) is 40.8. The van der Waals surface area contributed by atoms with Crippen molar-refractivity contribution in [2.24, 2.45) is 5.92 Å². The minimum atomic E-state index is -1.18. The van der Waals surface area contributed by atoms with Gasteiger partial charge in [0, 0.05) is 6.54 Å². The lowest BCUT2D eigenvalue weighted by atomic mass is 9.88. The molecule has 1 aliphatic rings. The third-order valence-electron chi connectivity index (χ3n) is 5.38. The standard InChI is InChI=1S/C25H23NO5/c1-3-30-19-11-7-10-18(14-19)22-21(23(27)20-13-12-16(2)31-20)24(28)25(29)26(22)15-17-8-5-4-6-9-17/h4-14,21-22H,3,15H2,1-2H3. The summed E-state index contributed by atoms with van der Waals surface area (Å²) in [5.74, 6) is -1.80. The Morgan fingerprint density at radius 3 is 2.48 bits per heavy atom. The first kappa shape index (κ1) is 20.6. The van der Waals surface area contributed by atoms with Gasteiger partial charge in [0.05, 0.1) is 12.6 Å². The maximum Gasteiger partial charge on any atom is 0.291 e. The molecule has 1 amide bonds. The van der Waals surface area contributed by atoms with Crippen LogP contribution in [0.25, 0.3) is 0 Å². The predicted molar refractivity (Wildman–Crippen MR) is 114 cm³/mol. The highest BCUT2D eigenvalue weighted by Crippen LogP contribution is 2.40. The molecule has 1 aromatic heterocycles. The van der Waals surface area contributed by atoms with Gasteiger partial charge >= 0.3 is 0 Å². The average Bonchev–Trinajstić information content (AvgIpc) is 3.31. The second-order valence-corrected chi connectivity index (χ2v) is 7.49. The molecular formula is C25H23NO5. The number of aryl methyl sites for hydroxylation is 1. The SMILES string of the molecule is CCOc1cccc(C2C(C(=O)c3ccc(C)o3)C(=O)C(=O)N2Cc2ccccc2)c1. The van der Waals surface area contributed by atoms with Crippen LogP contribution in [0, 0.1) is 12.8 Å². The number of ether oxygens (including phenoxy) is 1. The summed E-state index contributed by atoms with van der Waals surface area (Å²) in [7, 11) is 0. The Balaban J connectivity index is 1.78. The van der Waals surface area contributed by atoms with Gasteiger partial charge in [0.2, 0.25) is 11.6 Å². The molecule has 4 rings (SSSR count). The molecule has 0 radical (unpaired) electrons. The van der Waals surface area contributed by atoms with E-state index in [9.17, 15) is 14.4 Å². The lowest BCUT2D eigenvalue weighted by Crippen LogP contribution is -2.30. The zero-order chi connectivity index (χ0) is 22.0. The molecule has 158 valence electrons. The monoisotopic (exact) mass is 417 g/mol. The summed E-state index contributed by atoms with van der Waals surface area (Å²) in [6.45, 7) is 4.30. The molecule has 2 unspecified atom stereocenters. The fourth-order valence-electron chi connectivity index (χ4n) is 3.98. The number of carbonyl (C=O) groups is 3. The largest absolute Gasteiger partial charge is 0.494 e. The molecule has 2 atom stereocenters. The number of Topliss-reactive ketones (excluding diaryl/α,β-unsaturated/α-hetero) is 2. The number of benzene rings is 2. The van der Waals surface area contributed by atoms with Crippen molar-refractivity contribution in [2.75, 3.05) is 6.61 Å². The van der Waals surface area contributed by atoms with E-state index in [1.165, 1.54) is 4.90 Å². The van der Waals surface area contributed by atoms with Crippen molar-refractivity contribution in [2.45, 2.75) is 26.4 Å². The van der Waals surface area contributed by atoms with E-state index in [-0.39, 0.29) is 12.3 Å². The molecule has 3 aromatic rings. The topological polar surface area (TPSA) is 76.8 Å². The molecule has 6 nitrogen and oxygen atoms in total. The molecule has 31 heavy (non-hydrogen) atoms. The third-order valence-corrected chi connectivity index (χ3v) is 5.38. The summed E-state index contributed by atoms with van der Waals surface area (Å²) < 4.78 is 11.1. The number of hydrogen-bond donors (Lipinski definition) is 0. The van der Waals surface area contributed by atoms with Crippen LogP contribution in [-0.4, -0.2) is 29.0 Å². The van der Waals surface area contributed by atoms with Gasteiger partial charge in [0.25, 0.3) is 5.91 Å². The summed E-state index contributed by atoms with van der Waals surface area (Å²) >= 11 is 0. The van der Waals surface area contributed by atoms with Gasteiger partial charge in [-0.3, -0.25) is 14.4 Å². The number of hydrogen-bond acceptors (Lipinski definition) is 5. The van der Waals surface area contributed by atoms with E-state index in [0.717, 1.165) is 5.56 Å². The van der Waals surface area contributed by atoms with E-state index in [1.807, 2.05) is 43.3 Å². The molecule has 0 saturated carbocycles. The van der Waals surface area contributed by atoms with Crippen LogP contribution >= 0.6 is 0 Å². The highest BCUT2D eigenvalue weighted by molar-refractivity contribution is 6.43. The summed E-state index contributed by atoms with van der Waals surface area (Å²) in [6.07, 6.45) is 0. The first-order valence-electron chi connectivity index (χ1n) is 10.2. The Kier molecular flexibility index (Phi) is 5.71. The molecule has 0 aliphatic carbocycles. The molecule has 2 heterocycles. The second kappa shape index (κ2) is 8.60. The molecule has 0 bridgehead atoms. The van der Waals surface area contributed by atoms with Crippen LogP contribution < -0.4 is 4.74 Å². The van der Waals surface area contributed by atoms with Crippen LogP contribution in [0.1, 0.15) is 40.4 Å². The zero-order valence-electron chi connectivity index (χ0n) is 17.4. The van der Waals surface area contributed by atoms with Crippen molar-refractivity contribution in [3.05, 3.63) is 89.4 Å². The van der Waals surface area contributed by atoms with Gasteiger partial charge in [-0.2, -0.15) is 0 Å². The Bertz CT molecular complexity index is 1120. The lowest BCUT2D eigenvalue weighted by molar-refractivity contribution is -0.141. The first-order valence-corrected chi connectivity index (χ1v) is 10.2. The van der Waals surface area contributed by atoms with Gasteiger partial charge in [-0.05, 0) is 49.2 Å². The van der Waals surface area contributed by atoms with Crippen LogP contribution in [0.3, 0.4) is 0 Å². The Hall–Kier alpha value is -3.67. The summed E-state index contributed by atoms with van der Waals surface area (Å²) in [6, 6.07) is 19.1. The molecule has 0 N–H and O–H groups in total. The molecule has 1 saturated heterocycles. The van der Waals surface area contributed by atoms with Crippen molar-refractivity contribution >= 4 is 17.5 Å². The fourth-order valence-corrected chi connectivity index (χ4v) is 3.98. The van der Waals surface area contributed by atoms with Gasteiger partial charge < -0.3 is 14.1 Å². The van der Waals surface area contributed by atoms with E-state index in [2.05, 4.69) is 0 Å². The van der Waals surface area contributed by atoms with E-state index < -0.39 is 29.4 Å². The molecule has 1 fully saturated rings. The number of furan rings is 1. The average molecular weight is 417 g/mol. The van der Waals surface area contributed by atoms with Crippen LogP contribution in [0.2, 0.25) is 0 Å². The van der Waals surface area contributed by atoms with Crippen molar-refractivity contribution < 1.29 is 23.5 Å². The van der Waals surface area contributed by atoms with E-state index in [1.54, 1.807) is 37.3 Å². The number of likely N-dealkylation sites (tertiary alicyclic amines) is 1. The number of nitrogens with zero attached hydrogens (tertiary/aromatic N) is 1. The minimum absolute atomic E-state index is 0.0798. The normalized spacial score (nSPS) is 18.5. The maximum absolute atomic E-state index is 13.3. The van der Waals surface area contributed by atoms with Crippen molar-refractivity contribution in [1.29, 1.82) is 0 Å². The maximum atomic E-state index is 13.3. The fraction of sp³-hybridized carbons (Fsp3) is 0.240. The minimum Gasteiger partial charge on any atom is -0.494 e. The van der Waals surface area contributed by atoms with Crippen LogP contribution in [-0.2, 0) is 16.1 Å². The molecular weight excluding hydrogens is 394 g/mol. The number of rotatable bonds is 7. The molecule has 0 spiro atoms. The number of carbonyl (C=O) groups excluding carboxylic acids is 3. The smallest absolute Gasteiger partial charge is 0.291 e. The molecule has 6 heteroatoms. The highest BCUT2D eigenvalue weighted by atomic mass is 16.5. The van der Waals surface area contributed by atoms with Crippen molar-refractivity contribution in [3.63, 3.8) is 0 Å². The zero-order valence-corrected chi connectivity index (χ0v) is 17.4. The van der Waals surface area contributed by atoms with E-state index in [0.29, 0.717) is 23.7 Å². The number of ketones is 2. The van der Waals surface area contributed by atoms with Gasteiger partial charge in [0.1, 0.15) is 17.4 Å².